The maximum Gasteiger partial charge on any atom is 0.333 e. The highest BCUT2D eigenvalue weighted by Crippen LogP contribution is 2.21. The average molecular weight is 448 g/mol. The van der Waals surface area contributed by atoms with E-state index in [4.69, 9.17) is 4.74 Å². The van der Waals surface area contributed by atoms with E-state index in [1.54, 1.807) is 6.92 Å². The molecule has 0 spiro atoms. The van der Waals surface area contributed by atoms with Gasteiger partial charge in [0.25, 0.3) is 0 Å². The van der Waals surface area contributed by atoms with Crippen LogP contribution in [0.1, 0.15) is 96.8 Å². The Morgan fingerprint density at radius 1 is 0.769 bits per heavy atom. The van der Waals surface area contributed by atoms with E-state index in [-0.39, 0.29) is 5.97 Å². The minimum atomic E-state index is -0.983. The Kier molecular flexibility index (Phi) is 17.0. The van der Waals surface area contributed by atoms with Crippen LogP contribution in [-0.4, -0.2) is 19.3 Å². The minimum absolute atomic E-state index is 0.255. The van der Waals surface area contributed by atoms with Crippen LogP contribution in [0.25, 0.3) is 0 Å². The van der Waals surface area contributed by atoms with Crippen LogP contribution in [-0.2, 0) is 9.53 Å². The number of carbonyl (C=O) groups is 1. The molecule has 0 rings (SSSR count). The Labute approximate surface area is 172 Å². The van der Waals surface area contributed by atoms with Crippen LogP contribution in [0, 0.1) is 0 Å². The molecule has 0 unspecified atom stereocenters. The first kappa shape index (κ1) is 25.9. The summed E-state index contributed by atoms with van der Waals surface area (Å²) in [5.74, 6) is -0.255. The molecular formula is C22H43BrO2Si. The lowest BCUT2D eigenvalue weighted by molar-refractivity contribution is -0.139. The molecule has 4 heteroatoms. The number of hydrogen-bond acceptors (Lipinski definition) is 2. The Bertz CT molecular complexity index is 364. The number of esters is 1. The van der Waals surface area contributed by atoms with E-state index in [1.807, 2.05) is 0 Å². The van der Waals surface area contributed by atoms with Crippen molar-refractivity contribution in [3.05, 3.63) is 12.2 Å². The van der Waals surface area contributed by atoms with Crippen molar-refractivity contribution in [3.8, 4) is 0 Å². The van der Waals surface area contributed by atoms with Gasteiger partial charge >= 0.3 is 5.97 Å². The van der Waals surface area contributed by atoms with E-state index < -0.39 is 6.69 Å². The minimum Gasteiger partial charge on any atom is -0.462 e. The van der Waals surface area contributed by atoms with Crippen molar-refractivity contribution in [1.82, 2.24) is 0 Å². The van der Waals surface area contributed by atoms with Gasteiger partial charge in [0.1, 0.15) is 6.69 Å². The third kappa shape index (κ3) is 20.2. The molecule has 0 saturated carbocycles. The van der Waals surface area contributed by atoms with Gasteiger partial charge in [0, 0.05) is 5.57 Å². The van der Waals surface area contributed by atoms with E-state index in [0.29, 0.717) is 12.2 Å². The normalized spacial score (nSPS) is 11.5. The van der Waals surface area contributed by atoms with E-state index in [0.717, 1.165) is 12.8 Å². The summed E-state index contributed by atoms with van der Waals surface area (Å²) in [6.45, 7) is 9.63. The highest BCUT2D eigenvalue weighted by molar-refractivity contribution is 9.26. The van der Waals surface area contributed by atoms with Gasteiger partial charge in [-0.05, 0) is 19.4 Å². The monoisotopic (exact) mass is 446 g/mol. The van der Waals surface area contributed by atoms with Gasteiger partial charge in [0.2, 0.25) is 0 Å². The molecule has 0 heterocycles. The molecule has 0 aliphatic carbocycles. The van der Waals surface area contributed by atoms with Crippen LogP contribution in [0.15, 0.2) is 12.2 Å². The molecule has 2 nitrogen and oxygen atoms in total. The van der Waals surface area contributed by atoms with Crippen molar-refractivity contribution in [1.29, 1.82) is 0 Å². The second-order valence-electron chi connectivity index (χ2n) is 8.33. The molecule has 0 radical (unpaired) electrons. The fourth-order valence-corrected chi connectivity index (χ4v) is 4.99. The van der Waals surface area contributed by atoms with Crippen LogP contribution >= 0.6 is 15.3 Å². The molecule has 0 atom stereocenters. The summed E-state index contributed by atoms with van der Waals surface area (Å²) in [6, 6.07) is 1.42. The fourth-order valence-electron chi connectivity index (χ4n) is 3.06. The number of ether oxygens (including phenoxy) is 1. The van der Waals surface area contributed by atoms with Crippen LogP contribution < -0.4 is 0 Å². The highest BCUT2D eigenvalue weighted by Gasteiger charge is 2.14. The van der Waals surface area contributed by atoms with Gasteiger partial charge in [-0.25, -0.2) is 4.79 Å². The maximum absolute atomic E-state index is 11.2. The van der Waals surface area contributed by atoms with Gasteiger partial charge in [0.15, 0.2) is 0 Å². The van der Waals surface area contributed by atoms with Crippen LogP contribution in [0.2, 0.25) is 19.1 Å². The summed E-state index contributed by atoms with van der Waals surface area (Å²) in [6.07, 6.45) is 18.8. The summed E-state index contributed by atoms with van der Waals surface area (Å²) in [5, 5.41) is 0. The molecule has 0 bridgehead atoms. The summed E-state index contributed by atoms with van der Waals surface area (Å²) in [5.41, 5.74) is 0.491. The van der Waals surface area contributed by atoms with Crippen LogP contribution in [0.5, 0.6) is 0 Å². The molecule has 0 aliphatic rings. The van der Waals surface area contributed by atoms with Crippen molar-refractivity contribution in [2.75, 3.05) is 6.61 Å². The van der Waals surface area contributed by atoms with Crippen molar-refractivity contribution in [2.45, 2.75) is 116 Å². The largest absolute Gasteiger partial charge is 0.462 e. The van der Waals surface area contributed by atoms with Crippen molar-refractivity contribution in [2.24, 2.45) is 0 Å². The zero-order chi connectivity index (χ0) is 19.7. The third-order valence-electron chi connectivity index (χ3n) is 4.75. The summed E-state index contributed by atoms with van der Waals surface area (Å²) in [4.78, 5) is 11.2. The van der Waals surface area contributed by atoms with E-state index >= 15 is 0 Å². The number of unbranched alkanes of at least 4 members (excludes halogenated alkanes) is 13. The zero-order valence-electron chi connectivity index (χ0n) is 17.7. The molecule has 154 valence electrons. The first-order chi connectivity index (χ1) is 12.3. The van der Waals surface area contributed by atoms with Gasteiger partial charge in [-0.15, -0.1) is 15.3 Å². The van der Waals surface area contributed by atoms with Gasteiger partial charge < -0.3 is 4.74 Å². The SMILES string of the molecule is C=C(C)C(=O)OCCCCCCCCCCCCCCCC[Si](C)(C)Br. The van der Waals surface area contributed by atoms with E-state index in [9.17, 15) is 4.79 Å². The topological polar surface area (TPSA) is 26.3 Å². The predicted molar refractivity (Wildman–Crippen MR) is 122 cm³/mol. The molecule has 0 aromatic carbocycles. The molecule has 0 aromatic rings. The number of carbonyl (C=O) groups excluding carboxylic acids is 1. The van der Waals surface area contributed by atoms with Gasteiger partial charge in [-0.3, -0.25) is 0 Å². The molecule has 0 aromatic heterocycles. The van der Waals surface area contributed by atoms with Crippen molar-refractivity contribution in [3.63, 3.8) is 0 Å². The molecule has 26 heavy (non-hydrogen) atoms. The Balaban J connectivity index is 3.11. The van der Waals surface area contributed by atoms with Crippen LogP contribution in [0.3, 0.4) is 0 Å². The van der Waals surface area contributed by atoms with Gasteiger partial charge in [-0.1, -0.05) is 103 Å². The molecule has 0 fully saturated rings. The molecule has 0 amide bonds. The van der Waals surface area contributed by atoms with Crippen molar-refractivity contribution >= 4 is 28.0 Å². The standard InChI is InChI=1S/C22H43BrO2Si/c1-21(2)22(24)25-19-17-15-13-11-9-7-5-6-8-10-12-14-16-18-20-26(3,4)23/h1,5-20H2,2-4H3. The van der Waals surface area contributed by atoms with Gasteiger partial charge in [-0.2, -0.15) is 0 Å². The Hall–Kier alpha value is -0.0931. The molecular weight excluding hydrogens is 404 g/mol. The lowest BCUT2D eigenvalue weighted by Gasteiger charge is -2.12. The average Bonchev–Trinajstić information content (AvgIpc) is 2.56. The lowest BCUT2D eigenvalue weighted by Crippen LogP contribution is -2.13. The summed E-state index contributed by atoms with van der Waals surface area (Å²) < 4.78 is 5.09. The first-order valence-electron chi connectivity index (χ1n) is 10.8. The second-order valence-corrected chi connectivity index (χ2v) is 18.7. The smallest absolute Gasteiger partial charge is 0.333 e. The quantitative estimate of drug-likeness (QED) is 0.0696. The van der Waals surface area contributed by atoms with E-state index in [1.165, 1.54) is 83.1 Å². The predicted octanol–water partition coefficient (Wildman–Crippen LogP) is 8.17. The summed E-state index contributed by atoms with van der Waals surface area (Å²) >= 11 is 3.85. The fraction of sp³-hybridized carbons (Fsp3) is 0.864. The molecule has 0 aliphatic heterocycles. The maximum atomic E-state index is 11.2. The zero-order valence-corrected chi connectivity index (χ0v) is 20.3. The molecule has 0 N–H and O–H groups in total. The summed E-state index contributed by atoms with van der Waals surface area (Å²) in [7, 11) is 0. The third-order valence-corrected chi connectivity index (χ3v) is 7.48. The Morgan fingerprint density at radius 2 is 1.12 bits per heavy atom. The molecule has 0 saturated heterocycles. The Morgan fingerprint density at radius 3 is 1.46 bits per heavy atom. The van der Waals surface area contributed by atoms with Crippen LogP contribution in [0.4, 0.5) is 0 Å². The second kappa shape index (κ2) is 17.0. The van der Waals surface area contributed by atoms with Crippen molar-refractivity contribution < 1.29 is 9.53 Å². The first-order valence-corrected chi connectivity index (χ1v) is 16.3. The highest BCUT2D eigenvalue weighted by atomic mass is 79.9. The van der Waals surface area contributed by atoms with E-state index in [2.05, 4.69) is 35.0 Å². The number of halogens is 1. The number of hydrogen-bond donors (Lipinski definition) is 0. The number of rotatable bonds is 18. The lowest BCUT2D eigenvalue weighted by atomic mass is 10.0. The van der Waals surface area contributed by atoms with Gasteiger partial charge in [0.05, 0.1) is 6.61 Å².